The van der Waals surface area contributed by atoms with E-state index in [4.69, 9.17) is 17.3 Å². The summed E-state index contributed by atoms with van der Waals surface area (Å²) < 4.78 is 28.3. The lowest BCUT2D eigenvalue weighted by atomic mass is 10.3. The van der Waals surface area contributed by atoms with Crippen LogP contribution in [0.2, 0.25) is 5.02 Å². The summed E-state index contributed by atoms with van der Waals surface area (Å²) in [5, 5.41) is 0.438. The molecule has 0 saturated heterocycles. The van der Waals surface area contributed by atoms with Gasteiger partial charge in [0.1, 0.15) is 4.90 Å². The van der Waals surface area contributed by atoms with Crippen LogP contribution in [0, 0.1) is 0 Å². The normalized spacial score (nSPS) is 11.3. The minimum Gasteiger partial charge on any atom is -0.398 e. The van der Waals surface area contributed by atoms with E-state index < -0.39 is 10.0 Å². The van der Waals surface area contributed by atoms with Crippen molar-refractivity contribution in [1.29, 1.82) is 0 Å². The fraction of sp³-hybridized carbons (Fsp3) is 0. The van der Waals surface area contributed by atoms with Crippen molar-refractivity contribution in [1.82, 2.24) is 0 Å². The summed E-state index contributed by atoms with van der Waals surface area (Å²) >= 11 is 12.3. The Hall–Kier alpha value is -0.760. The maximum Gasteiger partial charge on any atom is 0.265 e. The zero-order chi connectivity index (χ0) is 14.9. The van der Waals surface area contributed by atoms with Crippen LogP contribution < -0.4 is 10.5 Å². The van der Waals surface area contributed by atoms with E-state index in [0.717, 1.165) is 0 Å². The summed E-state index contributed by atoms with van der Waals surface area (Å²) in [7, 11) is -3.81. The van der Waals surface area contributed by atoms with Crippen molar-refractivity contribution in [3.63, 3.8) is 0 Å². The zero-order valence-corrected chi connectivity index (χ0v) is 14.6. The molecule has 2 aromatic rings. The summed E-state index contributed by atoms with van der Waals surface area (Å²) in [4.78, 5) is -0.0133. The van der Waals surface area contributed by atoms with E-state index in [1.54, 1.807) is 24.3 Å². The van der Waals surface area contributed by atoms with Crippen LogP contribution in [0.5, 0.6) is 0 Å². The molecule has 0 amide bonds. The first-order valence-corrected chi connectivity index (χ1v) is 8.77. The predicted molar refractivity (Wildman–Crippen MR) is 88.5 cm³/mol. The van der Waals surface area contributed by atoms with Gasteiger partial charge in [0, 0.05) is 14.0 Å². The molecule has 106 valence electrons. The smallest absolute Gasteiger partial charge is 0.265 e. The van der Waals surface area contributed by atoms with Crippen LogP contribution in [0.4, 0.5) is 11.4 Å². The van der Waals surface area contributed by atoms with E-state index >= 15 is 0 Å². The second-order valence-corrected chi connectivity index (χ2v) is 7.75. The highest BCUT2D eigenvalue weighted by Gasteiger charge is 2.21. The van der Waals surface area contributed by atoms with Crippen LogP contribution in [0.25, 0.3) is 0 Å². The Kier molecular flexibility index (Phi) is 4.63. The Bertz CT molecular complexity index is 743. The number of nitrogens with one attached hydrogen (secondary N) is 1. The molecule has 4 nitrogen and oxygen atoms in total. The number of hydrogen-bond donors (Lipinski definition) is 2. The van der Waals surface area contributed by atoms with E-state index in [-0.39, 0.29) is 10.6 Å². The SMILES string of the molecule is Nc1cc(Br)cc(Br)c1S(=O)(=O)Nc1cccc(Cl)c1. The lowest BCUT2D eigenvalue weighted by Crippen LogP contribution is -2.15. The van der Waals surface area contributed by atoms with Gasteiger partial charge in [0.2, 0.25) is 0 Å². The molecule has 20 heavy (non-hydrogen) atoms. The number of nitrogens with two attached hydrogens (primary N) is 1. The fourth-order valence-electron chi connectivity index (χ4n) is 1.62. The molecule has 2 aromatic carbocycles. The van der Waals surface area contributed by atoms with Crippen molar-refractivity contribution in [2.75, 3.05) is 10.5 Å². The van der Waals surface area contributed by atoms with E-state index in [0.29, 0.717) is 19.7 Å². The molecule has 0 saturated carbocycles. The molecule has 8 heteroatoms. The first-order chi connectivity index (χ1) is 9.29. The van der Waals surface area contributed by atoms with Gasteiger partial charge in [-0.25, -0.2) is 8.42 Å². The summed E-state index contributed by atoms with van der Waals surface area (Å²) in [5.74, 6) is 0. The van der Waals surface area contributed by atoms with Gasteiger partial charge in [0.25, 0.3) is 10.0 Å². The van der Waals surface area contributed by atoms with Gasteiger partial charge in [0.15, 0.2) is 0 Å². The number of halogens is 3. The van der Waals surface area contributed by atoms with E-state index in [2.05, 4.69) is 36.6 Å². The van der Waals surface area contributed by atoms with Gasteiger partial charge in [-0.3, -0.25) is 4.72 Å². The molecule has 0 atom stereocenters. The van der Waals surface area contributed by atoms with Gasteiger partial charge in [-0.05, 0) is 46.3 Å². The fourth-order valence-corrected chi connectivity index (χ4v) is 4.93. The topological polar surface area (TPSA) is 72.2 Å². The third-order valence-corrected chi connectivity index (χ3v) is 5.46. The van der Waals surface area contributed by atoms with Crippen LogP contribution in [-0.2, 0) is 10.0 Å². The summed E-state index contributed by atoms with van der Waals surface area (Å²) in [6.07, 6.45) is 0. The Morgan fingerprint density at radius 1 is 1.15 bits per heavy atom. The Morgan fingerprint density at radius 3 is 2.45 bits per heavy atom. The molecular formula is C12H9Br2ClN2O2S. The molecule has 0 heterocycles. The van der Waals surface area contributed by atoms with Gasteiger partial charge < -0.3 is 5.73 Å². The highest BCUT2D eigenvalue weighted by Crippen LogP contribution is 2.33. The maximum atomic E-state index is 12.4. The third kappa shape index (κ3) is 3.46. The molecule has 3 N–H and O–H groups in total. The minimum atomic E-state index is -3.81. The van der Waals surface area contributed by atoms with E-state index in [1.807, 2.05) is 0 Å². The van der Waals surface area contributed by atoms with Crippen LogP contribution >= 0.6 is 43.5 Å². The lowest BCUT2D eigenvalue weighted by Gasteiger charge is -2.12. The van der Waals surface area contributed by atoms with E-state index in [1.165, 1.54) is 12.1 Å². The first kappa shape index (κ1) is 15.6. The third-order valence-electron chi connectivity index (χ3n) is 2.38. The molecule has 0 unspecified atom stereocenters. The Morgan fingerprint density at radius 2 is 1.85 bits per heavy atom. The van der Waals surface area contributed by atoms with Gasteiger partial charge in [0.05, 0.1) is 11.4 Å². The van der Waals surface area contributed by atoms with Crippen molar-refractivity contribution in [2.45, 2.75) is 4.90 Å². The second kappa shape index (κ2) is 5.93. The Labute approximate surface area is 138 Å². The van der Waals surface area contributed by atoms with Crippen LogP contribution in [-0.4, -0.2) is 8.42 Å². The van der Waals surface area contributed by atoms with Gasteiger partial charge in [-0.15, -0.1) is 0 Å². The minimum absolute atomic E-state index is 0.0133. The van der Waals surface area contributed by atoms with Crippen LogP contribution in [0.3, 0.4) is 0 Å². The molecule has 0 aliphatic carbocycles. The molecule has 0 bridgehead atoms. The maximum absolute atomic E-state index is 12.4. The summed E-state index contributed by atoms with van der Waals surface area (Å²) in [6, 6.07) is 9.57. The number of benzene rings is 2. The Balaban J connectivity index is 2.46. The van der Waals surface area contributed by atoms with Crippen molar-refractivity contribution in [3.05, 3.63) is 50.4 Å². The molecule has 0 aromatic heterocycles. The first-order valence-electron chi connectivity index (χ1n) is 5.32. The number of sulfonamides is 1. The number of nitrogen functional groups attached to an aromatic ring is 1. The standard InChI is InChI=1S/C12H9Br2ClN2O2S/c13-7-4-10(14)12(11(16)5-7)20(18,19)17-9-3-1-2-8(15)6-9/h1-6,17H,16H2. The summed E-state index contributed by atoms with van der Waals surface area (Å²) in [5.41, 5.74) is 6.29. The lowest BCUT2D eigenvalue weighted by molar-refractivity contribution is 0.601. The number of hydrogen-bond acceptors (Lipinski definition) is 3. The van der Waals surface area contributed by atoms with Crippen molar-refractivity contribution >= 4 is 64.9 Å². The van der Waals surface area contributed by atoms with Crippen molar-refractivity contribution < 1.29 is 8.42 Å². The molecule has 0 aliphatic rings. The number of rotatable bonds is 3. The zero-order valence-electron chi connectivity index (χ0n) is 9.90. The average molecular weight is 441 g/mol. The van der Waals surface area contributed by atoms with Crippen LogP contribution in [0.1, 0.15) is 0 Å². The van der Waals surface area contributed by atoms with Crippen molar-refractivity contribution in [3.8, 4) is 0 Å². The predicted octanol–water partition coefficient (Wildman–Crippen LogP) is 4.25. The van der Waals surface area contributed by atoms with E-state index in [9.17, 15) is 8.42 Å². The highest BCUT2D eigenvalue weighted by atomic mass is 79.9. The van der Waals surface area contributed by atoms with Gasteiger partial charge in [-0.1, -0.05) is 33.6 Å². The van der Waals surface area contributed by atoms with Gasteiger partial charge in [-0.2, -0.15) is 0 Å². The molecule has 2 rings (SSSR count). The molecule has 0 aliphatic heterocycles. The highest BCUT2D eigenvalue weighted by molar-refractivity contribution is 9.11. The van der Waals surface area contributed by atoms with Crippen LogP contribution in [0.15, 0.2) is 50.2 Å². The molecule has 0 spiro atoms. The average Bonchev–Trinajstić information content (AvgIpc) is 2.25. The summed E-state index contributed by atoms with van der Waals surface area (Å²) in [6.45, 7) is 0. The monoisotopic (exact) mass is 438 g/mol. The second-order valence-electron chi connectivity index (χ2n) is 3.92. The quantitative estimate of drug-likeness (QED) is 0.701. The number of anilines is 2. The van der Waals surface area contributed by atoms with Crippen molar-refractivity contribution in [2.24, 2.45) is 0 Å². The molecule has 0 fully saturated rings. The molecular weight excluding hydrogens is 431 g/mol. The molecule has 0 radical (unpaired) electrons. The largest absolute Gasteiger partial charge is 0.398 e. The van der Waals surface area contributed by atoms with Gasteiger partial charge >= 0.3 is 0 Å².